The highest BCUT2D eigenvalue weighted by atomic mass is 32.1. The SMILES string of the molecule is C[C@H](O)[C@@H](Cc1ccncc1)N(C(N)=S)C(C)(C)C. The van der Waals surface area contributed by atoms with Crippen molar-refractivity contribution in [3.8, 4) is 0 Å². The van der Waals surface area contributed by atoms with Crippen LogP contribution in [-0.2, 0) is 6.42 Å². The highest BCUT2D eigenvalue weighted by Gasteiger charge is 2.32. The molecule has 1 rings (SSSR count). The number of aromatic nitrogens is 1. The minimum Gasteiger partial charge on any atom is -0.391 e. The number of nitrogens with two attached hydrogens (primary N) is 1. The van der Waals surface area contributed by atoms with Crippen molar-refractivity contribution in [1.82, 2.24) is 9.88 Å². The van der Waals surface area contributed by atoms with Gasteiger partial charge in [-0.05, 0) is 64.0 Å². The molecule has 1 heterocycles. The minimum atomic E-state index is -0.533. The molecule has 0 bridgehead atoms. The number of hydrogen-bond donors (Lipinski definition) is 2. The highest BCUT2D eigenvalue weighted by molar-refractivity contribution is 7.80. The molecular weight excluding hydrogens is 258 g/mol. The van der Waals surface area contributed by atoms with Crippen LogP contribution in [0.15, 0.2) is 24.5 Å². The van der Waals surface area contributed by atoms with Gasteiger partial charge in [-0.2, -0.15) is 0 Å². The van der Waals surface area contributed by atoms with Gasteiger partial charge in [0.1, 0.15) is 0 Å². The Bertz CT molecular complexity index is 414. The zero-order valence-corrected chi connectivity index (χ0v) is 12.8. The van der Waals surface area contributed by atoms with Crippen LogP contribution >= 0.6 is 12.2 Å². The first-order valence-electron chi connectivity index (χ1n) is 6.39. The molecule has 4 nitrogen and oxygen atoms in total. The number of aliphatic hydroxyl groups is 1. The molecular formula is C14H23N3OS. The normalized spacial score (nSPS) is 14.8. The number of thiocarbonyl (C=S) groups is 1. The van der Waals surface area contributed by atoms with Crippen LogP contribution < -0.4 is 5.73 Å². The van der Waals surface area contributed by atoms with E-state index >= 15 is 0 Å². The molecule has 0 unspecified atom stereocenters. The fourth-order valence-electron chi connectivity index (χ4n) is 2.23. The van der Waals surface area contributed by atoms with Gasteiger partial charge in [0.2, 0.25) is 0 Å². The predicted octanol–water partition coefficient (Wildman–Crippen LogP) is 1.72. The van der Waals surface area contributed by atoms with Crippen molar-refractivity contribution in [2.45, 2.75) is 51.8 Å². The Labute approximate surface area is 120 Å². The topological polar surface area (TPSA) is 62.4 Å². The van der Waals surface area contributed by atoms with Gasteiger partial charge in [0, 0.05) is 17.9 Å². The maximum absolute atomic E-state index is 10.1. The van der Waals surface area contributed by atoms with E-state index in [1.54, 1.807) is 19.3 Å². The quantitative estimate of drug-likeness (QED) is 0.823. The zero-order valence-electron chi connectivity index (χ0n) is 12.0. The van der Waals surface area contributed by atoms with E-state index in [0.29, 0.717) is 11.5 Å². The molecule has 1 aromatic rings. The van der Waals surface area contributed by atoms with Crippen LogP contribution in [0.1, 0.15) is 33.3 Å². The second-order valence-corrected chi connectivity index (χ2v) is 6.16. The van der Waals surface area contributed by atoms with Crippen molar-refractivity contribution in [3.05, 3.63) is 30.1 Å². The van der Waals surface area contributed by atoms with E-state index in [2.05, 4.69) is 4.98 Å². The molecule has 0 aromatic carbocycles. The van der Waals surface area contributed by atoms with E-state index in [0.717, 1.165) is 5.56 Å². The van der Waals surface area contributed by atoms with E-state index in [4.69, 9.17) is 18.0 Å². The van der Waals surface area contributed by atoms with Gasteiger partial charge in [-0.15, -0.1) is 0 Å². The average Bonchev–Trinajstić information content (AvgIpc) is 2.27. The highest BCUT2D eigenvalue weighted by Crippen LogP contribution is 2.22. The van der Waals surface area contributed by atoms with Crippen molar-refractivity contribution in [2.75, 3.05) is 0 Å². The number of pyridine rings is 1. The molecule has 0 saturated carbocycles. The molecule has 0 aliphatic carbocycles. The molecule has 1 aromatic heterocycles. The van der Waals surface area contributed by atoms with Crippen molar-refractivity contribution in [1.29, 1.82) is 0 Å². The monoisotopic (exact) mass is 281 g/mol. The molecule has 0 saturated heterocycles. The fourth-order valence-corrected chi connectivity index (χ4v) is 2.64. The second-order valence-electron chi connectivity index (χ2n) is 5.75. The Kier molecular flexibility index (Phi) is 5.26. The summed E-state index contributed by atoms with van der Waals surface area (Å²) in [6.07, 6.45) is 3.64. The van der Waals surface area contributed by atoms with E-state index < -0.39 is 6.10 Å². The third-order valence-electron chi connectivity index (χ3n) is 3.04. The summed E-state index contributed by atoms with van der Waals surface area (Å²) in [5.74, 6) is 0. The average molecular weight is 281 g/mol. The van der Waals surface area contributed by atoms with Crippen LogP contribution in [0.3, 0.4) is 0 Å². The molecule has 0 amide bonds. The zero-order chi connectivity index (χ0) is 14.6. The lowest BCUT2D eigenvalue weighted by atomic mass is 9.96. The summed E-state index contributed by atoms with van der Waals surface area (Å²) in [5, 5.41) is 10.4. The molecule has 0 fully saturated rings. The van der Waals surface area contributed by atoms with Gasteiger partial charge < -0.3 is 15.7 Å². The molecule has 0 radical (unpaired) electrons. The maximum Gasteiger partial charge on any atom is 0.167 e. The van der Waals surface area contributed by atoms with Crippen LogP contribution in [0.5, 0.6) is 0 Å². The maximum atomic E-state index is 10.1. The Hall–Kier alpha value is -1.20. The van der Waals surface area contributed by atoms with Crippen molar-refractivity contribution in [3.63, 3.8) is 0 Å². The van der Waals surface area contributed by atoms with Crippen LogP contribution in [0.2, 0.25) is 0 Å². The van der Waals surface area contributed by atoms with Crippen molar-refractivity contribution >= 4 is 17.3 Å². The molecule has 2 atom stereocenters. The van der Waals surface area contributed by atoms with E-state index in [9.17, 15) is 5.11 Å². The lowest BCUT2D eigenvalue weighted by Crippen LogP contribution is -2.57. The third-order valence-corrected chi connectivity index (χ3v) is 3.24. The second kappa shape index (κ2) is 6.30. The fraction of sp³-hybridized carbons (Fsp3) is 0.571. The number of hydrogen-bond acceptors (Lipinski definition) is 3. The molecule has 106 valence electrons. The Morgan fingerprint density at radius 2 is 1.95 bits per heavy atom. The number of rotatable bonds is 4. The van der Waals surface area contributed by atoms with Gasteiger partial charge in [-0.3, -0.25) is 4.98 Å². The van der Waals surface area contributed by atoms with Gasteiger partial charge in [0.15, 0.2) is 5.11 Å². The van der Waals surface area contributed by atoms with Gasteiger partial charge in [0.25, 0.3) is 0 Å². The lowest BCUT2D eigenvalue weighted by molar-refractivity contribution is 0.0582. The van der Waals surface area contributed by atoms with Gasteiger partial charge >= 0.3 is 0 Å². The predicted molar refractivity (Wildman–Crippen MR) is 81.8 cm³/mol. The summed E-state index contributed by atoms with van der Waals surface area (Å²) in [5.41, 5.74) is 6.72. The summed E-state index contributed by atoms with van der Waals surface area (Å²) in [6, 6.07) is 3.73. The van der Waals surface area contributed by atoms with Crippen LogP contribution in [0.4, 0.5) is 0 Å². The summed E-state index contributed by atoms with van der Waals surface area (Å²) in [6.45, 7) is 7.87. The lowest BCUT2D eigenvalue weighted by Gasteiger charge is -2.43. The third kappa shape index (κ3) is 4.44. The first-order valence-corrected chi connectivity index (χ1v) is 6.80. The van der Waals surface area contributed by atoms with Crippen LogP contribution in [0.25, 0.3) is 0 Å². The van der Waals surface area contributed by atoms with Crippen molar-refractivity contribution < 1.29 is 5.11 Å². The van der Waals surface area contributed by atoms with Gasteiger partial charge in [-0.1, -0.05) is 0 Å². The molecule has 0 aliphatic heterocycles. The Morgan fingerprint density at radius 3 is 2.32 bits per heavy atom. The first-order chi connectivity index (χ1) is 8.73. The van der Waals surface area contributed by atoms with Gasteiger partial charge in [0.05, 0.1) is 12.1 Å². The Morgan fingerprint density at radius 1 is 1.42 bits per heavy atom. The molecule has 3 N–H and O–H groups in total. The summed E-state index contributed by atoms with van der Waals surface area (Å²) in [4.78, 5) is 5.91. The Balaban J connectivity index is 3.02. The number of nitrogens with zero attached hydrogens (tertiary/aromatic N) is 2. The van der Waals surface area contributed by atoms with E-state index in [1.165, 1.54) is 0 Å². The van der Waals surface area contributed by atoms with E-state index in [-0.39, 0.29) is 11.6 Å². The molecule has 5 heteroatoms. The number of aliphatic hydroxyl groups excluding tert-OH is 1. The summed E-state index contributed by atoms with van der Waals surface area (Å²) < 4.78 is 0. The van der Waals surface area contributed by atoms with Crippen molar-refractivity contribution in [2.24, 2.45) is 5.73 Å². The standard InChI is InChI=1S/C14H23N3OS/c1-10(18)12(9-11-5-7-16-8-6-11)17(13(15)19)14(2,3)4/h5-8,10,12,18H,9H2,1-4H3,(H2,15,19)/t10-,12+/m0/s1. The minimum absolute atomic E-state index is 0.153. The first kappa shape index (κ1) is 15.9. The van der Waals surface area contributed by atoms with Crippen LogP contribution in [0, 0.1) is 0 Å². The summed E-state index contributed by atoms with van der Waals surface area (Å²) in [7, 11) is 0. The van der Waals surface area contributed by atoms with E-state index in [1.807, 2.05) is 37.8 Å². The largest absolute Gasteiger partial charge is 0.391 e. The van der Waals surface area contributed by atoms with Gasteiger partial charge in [-0.25, -0.2) is 0 Å². The summed E-state index contributed by atoms with van der Waals surface area (Å²) >= 11 is 5.16. The smallest absolute Gasteiger partial charge is 0.167 e. The van der Waals surface area contributed by atoms with Crippen LogP contribution in [-0.4, -0.2) is 37.8 Å². The molecule has 0 aliphatic rings. The molecule has 0 spiro atoms. The molecule has 19 heavy (non-hydrogen) atoms.